The highest BCUT2D eigenvalue weighted by Crippen LogP contribution is 2.18. The fourth-order valence-electron chi connectivity index (χ4n) is 2.19. The van der Waals surface area contributed by atoms with Gasteiger partial charge in [-0.25, -0.2) is 0 Å². The number of carbonyl (C=O) groups is 2. The second kappa shape index (κ2) is 9.68. The predicted octanol–water partition coefficient (Wildman–Crippen LogP) is 3.95. The first-order valence-electron chi connectivity index (χ1n) is 8.64. The zero-order valence-corrected chi connectivity index (χ0v) is 16.4. The van der Waals surface area contributed by atoms with Gasteiger partial charge in [-0.15, -0.1) is 0 Å². The molecule has 0 bridgehead atoms. The summed E-state index contributed by atoms with van der Waals surface area (Å²) < 4.78 is 5.75. The molecule has 2 aromatic rings. The number of nitrogens with one attached hydrogen (secondary N) is 3. The van der Waals surface area contributed by atoms with Crippen LogP contribution in [0.3, 0.4) is 0 Å². The summed E-state index contributed by atoms with van der Waals surface area (Å²) in [4.78, 5) is 23.4. The monoisotopic (exact) mass is 385 g/mol. The minimum Gasteiger partial charge on any atom is -0.491 e. The first kappa shape index (κ1) is 20.4. The van der Waals surface area contributed by atoms with Gasteiger partial charge in [-0.2, -0.15) is 0 Å². The quantitative estimate of drug-likeness (QED) is 0.656. The summed E-state index contributed by atoms with van der Waals surface area (Å²) in [6, 6.07) is 14.1. The lowest BCUT2D eigenvalue weighted by Gasteiger charge is -2.13. The van der Waals surface area contributed by atoms with Gasteiger partial charge in [0.15, 0.2) is 5.11 Å². The topological polar surface area (TPSA) is 79.5 Å². The van der Waals surface area contributed by atoms with Crippen LogP contribution in [0.2, 0.25) is 0 Å². The van der Waals surface area contributed by atoms with Crippen molar-refractivity contribution in [3.8, 4) is 5.75 Å². The van der Waals surface area contributed by atoms with Crippen LogP contribution in [0, 0.1) is 0 Å². The smallest absolute Gasteiger partial charge is 0.255 e. The van der Waals surface area contributed by atoms with Crippen molar-refractivity contribution in [2.24, 2.45) is 0 Å². The van der Waals surface area contributed by atoms with Gasteiger partial charge >= 0.3 is 0 Å². The number of carbonyl (C=O) groups excluding carboxylic acids is 2. The van der Waals surface area contributed by atoms with Crippen LogP contribution in [-0.2, 0) is 4.79 Å². The number of anilines is 2. The van der Waals surface area contributed by atoms with Gasteiger partial charge in [0.25, 0.3) is 5.91 Å². The molecule has 0 unspecified atom stereocenters. The molecule has 0 fully saturated rings. The zero-order chi connectivity index (χ0) is 19.8. The lowest BCUT2D eigenvalue weighted by Crippen LogP contribution is -2.32. The summed E-state index contributed by atoms with van der Waals surface area (Å²) in [7, 11) is 0. The lowest BCUT2D eigenvalue weighted by molar-refractivity contribution is -0.117. The molecule has 0 heterocycles. The van der Waals surface area contributed by atoms with Crippen molar-refractivity contribution in [1.82, 2.24) is 5.32 Å². The molecule has 1 atom stereocenters. The molecular weight excluding hydrogens is 362 g/mol. The maximum absolute atomic E-state index is 12.5. The van der Waals surface area contributed by atoms with Gasteiger partial charge in [-0.3, -0.25) is 9.59 Å². The van der Waals surface area contributed by atoms with Crippen LogP contribution in [0.5, 0.6) is 5.75 Å². The highest BCUT2D eigenvalue weighted by atomic mass is 32.1. The first-order valence-corrected chi connectivity index (χ1v) is 9.05. The summed E-state index contributed by atoms with van der Waals surface area (Å²) in [6.07, 6.45) is 0.981. The van der Waals surface area contributed by atoms with Crippen molar-refractivity contribution in [2.45, 2.75) is 33.3 Å². The van der Waals surface area contributed by atoms with Crippen molar-refractivity contribution < 1.29 is 14.3 Å². The van der Waals surface area contributed by atoms with E-state index >= 15 is 0 Å². The number of hydrogen-bond acceptors (Lipinski definition) is 4. The van der Waals surface area contributed by atoms with Crippen LogP contribution < -0.4 is 20.7 Å². The molecule has 0 saturated heterocycles. The Morgan fingerprint density at radius 2 is 1.70 bits per heavy atom. The molecular formula is C20H23N3O3S. The Bertz CT molecular complexity index is 821. The van der Waals surface area contributed by atoms with Crippen LogP contribution in [0.4, 0.5) is 11.4 Å². The van der Waals surface area contributed by atoms with Crippen molar-refractivity contribution in [3.63, 3.8) is 0 Å². The number of thiocarbonyl (C=S) groups is 1. The Hall–Kier alpha value is -2.93. The second-order valence-electron chi connectivity index (χ2n) is 6.03. The molecule has 3 N–H and O–H groups in total. The Kier molecular flexibility index (Phi) is 7.31. The average molecular weight is 385 g/mol. The molecule has 2 aromatic carbocycles. The standard InChI is InChI=1S/C20H23N3O3S/c1-4-13(2)26-18-7-5-6-15(12-18)19(25)22-16-8-10-17(11-9-16)23-20(27)21-14(3)24/h5-13H,4H2,1-3H3,(H,22,25)(H2,21,23,24,27)/t13-/m0/s1. The molecule has 0 aliphatic carbocycles. The molecule has 27 heavy (non-hydrogen) atoms. The minimum atomic E-state index is -0.240. The van der Waals surface area contributed by atoms with Crippen LogP contribution in [0.25, 0.3) is 0 Å². The van der Waals surface area contributed by atoms with E-state index in [1.165, 1.54) is 6.92 Å². The van der Waals surface area contributed by atoms with E-state index in [9.17, 15) is 9.59 Å². The van der Waals surface area contributed by atoms with Gasteiger partial charge in [-0.05, 0) is 68.0 Å². The van der Waals surface area contributed by atoms with Gasteiger partial charge in [-0.1, -0.05) is 13.0 Å². The van der Waals surface area contributed by atoms with E-state index in [0.29, 0.717) is 22.7 Å². The second-order valence-corrected chi connectivity index (χ2v) is 6.44. The number of rotatable bonds is 6. The average Bonchev–Trinajstić information content (AvgIpc) is 2.62. The largest absolute Gasteiger partial charge is 0.491 e. The minimum absolute atomic E-state index is 0.0897. The van der Waals surface area contributed by atoms with Gasteiger partial charge in [0.05, 0.1) is 6.10 Å². The normalized spacial score (nSPS) is 11.2. The van der Waals surface area contributed by atoms with Crippen LogP contribution in [0.15, 0.2) is 48.5 Å². The van der Waals surface area contributed by atoms with Crippen molar-refractivity contribution in [2.75, 3.05) is 10.6 Å². The number of amides is 2. The summed E-state index contributed by atoms with van der Waals surface area (Å²) >= 11 is 5.00. The Morgan fingerprint density at radius 1 is 1.07 bits per heavy atom. The van der Waals surface area contributed by atoms with Gasteiger partial charge < -0.3 is 20.7 Å². The number of benzene rings is 2. The van der Waals surface area contributed by atoms with Gasteiger partial charge in [0.1, 0.15) is 5.75 Å². The molecule has 2 rings (SSSR count). The molecule has 142 valence electrons. The third-order valence-electron chi connectivity index (χ3n) is 3.70. The number of ether oxygens (including phenoxy) is 1. The van der Waals surface area contributed by atoms with E-state index in [4.69, 9.17) is 17.0 Å². The Morgan fingerprint density at radius 3 is 2.30 bits per heavy atom. The predicted molar refractivity (Wildman–Crippen MR) is 111 cm³/mol. The zero-order valence-electron chi connectivity index (χ0n) is 15.5. The molecule has 0 aliphatic heterocycles. The highest BCUT2D eigenvalue weighted by molar-refractivity contribution is 7.80. The van der Waals surface area contributed by atoms with E-state index < -0.39 is 0 Å². The van der Waals surface area contributed by atoms with Crippen molar-refractivity contribution >= 4 is 40.5 Å². The van der Waals surface area contributed by atoms with Crippen LogP contribution >= 0.6 is 12.2 Å². The molecule has 0 saturated carbocycles. The third kappa shape index (κ3) is 6.71. The molecule has 0 aromatic heterocycles. The fourth-order valence-corrected chi connectivity index (χ4v) is 2.45. The number of hydrogen-bond donors (Lipinski definition) is 3. The molecule has 7 heteroatoms. The summed E-state index contributed by atoms with van der Waals surface area (Å²) in [5.41, 5.74) is 1.87. The van der Waals surface area contributed by atoms with E-state index in [0.717, 1.165) is 6.42 Å². The highest BCUT2D eigenvalue weighted by Gasteiger charge is 2.09. The molecule has 0 spiro atoms. The summed E-state index contributed by atoms with van der Waals surface area (Å²) in [5, 5.41) is 8.43. The van der Waals surface area contributed by atoms with E-state index in [2.05, 4.69) is 16.0 Å². The molecule has 6 nitrogen and oxygen atoms in total. The summed E-state index contributed by atoms with van der Waals surface area (Å²) in [6.45, 7) is 5.41. The van der Waals surface area contributed by atoms with Gasteiger partial charge in [0.2, 0.25) is 5.91 Å². The summed E-state index contributed by atoms with van der Waals surface area (Å²) in [5.74, 6) is 0.207. The lowest BCUT2D eigenvalue weighted by atomic mass is 10.2. The van der Waals surface area contributed by atoms with Crippen LogP contribution in [0.1, 0.15) is 37.6 Å². The maximum Gasteiger partial charge on any atom is 0.255 e. The third-order valence-corrected chi connectivity index (χ3v) is 3.90. The van der Waals surface area contributed by atoms with Crippen molar-refractivity contribution in [3.05, 3.63) is 54.1 Å². The van der Waals surface area contributed by atoms with E-state index in [-0.39, 0.29) is 23.0 Å². The van der Waals surface area contributed by atoms with E-state index in [1.54, 1.807) is 42.5 Å². The van der Waals surface area contributed by atoms with Crippen molar-refractivity contribution in [1.29, 1.82) is 0 Å². The SMILES string of the molecule is CC[C@H](C)Oc1cccc(C(=O)Nc2ccc(NC(=S)NC(C)=O)cc2)c1. The molecule has 0 aliphatic rings. The Labute approximate surface area is 164 Å². The van der Waals surface area contributed by atoms with E-state index in [1.807, 2.05) is 19.9 Å². The van der Waals surface area contributed by atoms with Crippen LogP contribution in [-0.4, -0.2) is 23.0 Å². The van der Waals surface area contributed by atoms with Gasteiger partial charge in [0, 0.05) is 23.9 Å². The maximum atomic E-state index is 12.5. The molecule has 2 amide bonds. The first-order chi connectivity index (χ1) is 12.9. The Balaban J connectivity index is 1.98. The fraction of sp³-hybridized carbons (Fsp3) is 0.250. The molecule has 0 radical (unpaired) electrons.